The van der Waals surface area contributed by atoms with Crippen molar-refractivity contribution in [3.63, 3.8) is 0 Å². The molecule has 25 heavy (non-hydrogen) atoms. The zero-order valence-corrected chi connectivity index (χ0v) is 14.6. The second-order valence-electron chi connectivity index (χ2n) is 5.74. The molecule has 5 heteroatoms. The molecular formula is C20H24N2O3. The van der Waals surface area contributed by atoms with Crippen molar-refractivity contribution in [3.8, 4) is 5.75 Å². The second kappa shape index (κ2) is 9.47. The van der Waals surface area contributed by atoms with Crippen molar-refractivity contribution in [1.29, 1.82) is 0 Å². The topological polar surface area (TPSA) is 67.4 Å². The third-order valence-electron chi connectivity index (χ3n) is 3.92. The number of ether oxygens (including phenoxy) is 1. The predicted octanol–water partition coefficient (Wildman–Crippen LogP) is 2.62. The molecule has 0 aromatic heterocycles. The zero-order valence-electron chi connectivity index (χ0n) is 14.6. The van der Waals surface area contributed by atoms with Gasteiger partial charge >= 0.3 is 0 Å². The lowest BCUT2D eigenvalue weighted by Gasteiger charge is -2.18. The molecular weight excluding hydrogens is 316 g/mol. The Balaban J connectivity index is 1.82. The van der Waals surface area contributed by atoms with Gasteiger partial charge in [0.25, 0.3) is 0 Å². The summed E-state index contributed by atoms with van der Waals surface area (Å²) in [6.45, 7) is 1.97. The van der Waals surface area contributed by atoms with E-state index in [4.69, 9.17) is 4.74 Å². The third-order valence-corrected chi connectivity index (χ3v) is 3.92. The molecule has 0 saturated heterocycles. The van der Waals surface area contributed by atoms with Crippen molar-refractivity contribution in [2.45, 2.75) is 25.8 Å². The fourth-order valence-electron chi connectivity index (χ4n) is 2.53. The van der Waals surface area contributed by atoms with E-state index in [1.54, 1.807) is 7.11 Å². The summed E-state index contributed by atoms with van der Waals surface area (Å²) in [5.41, 5.74) is 1.93. The number of methoxy groups -OCH3 is 1. The molecule has 0 aliphatic carbocycles. The van der Waals surface area contributed by atoms with Gasteiger partial charge in [-0.15, -0.1) is 0 Å². The Morgan fingerprint density at radius 2 is 1.68 bits per heavy atom. The van der Waals surface area contributed by atoms with Gasteiger partial charge in [-0.05, 0) is 29.7 Å². The number of carbonyl (C=O) groups is 2. The van der Waals surface area contributed by atoms with E-state index in [0.717, 1.165) is 23.3 Å². The molecule has 0 aliphatic rings. The normalized spacial score (nSPS) is 11.4. The number of amides is 2. The summed E-state index contributed by atoms with van der Waals surface area (Å²) in [5, 5.41) is 5.60. The first kappa shape index (κ1) is 18.5. The average molecular weight is 340 g/mol. The number of rotatable bonds is 8. The molecule has 0 radical (unpaired) electrons. The monoisotopic (exact) mass is 340 g/mol. The first-order valence-corrected chi connectivity index (χ1v) is 8.36. The van der Waals surface area contributed by atoms with E-state index in [1.165, 1.54) is 0 Å². The summed E-state index contributed by atoms with van der Waals surface area (Å²) < 4.78 is 5.14. The Hall–Kier alpha value is -2.82. The van der Waals surface area contributed by atoms with Gasteiger partial charge < -0.3 is 15.4 Å². The maximum absolute atomic E-state index is 12.1. The quantitative estimate of drug-likeness (QED) is 0.776. The number of hydrogen-bond donors (Lipinski definition) is 2. The van der Waals surface area contributed by atoms with Gasteiger partial charge in [0.05, 0.1) is 26.1 Å². The smallest absolute Gasteiger partial charge is 0.239 e. The van der Waals surface area contributed by atoms with E-state index >= 15 is 0 Å². The number of benzene rings is 2. The molecule has 2 N–H and O–H groups in total. The first-order valence-electron chi connectivity index (χ1n) is 8.36. The van der Waals surface area contributed by atoms with Gasteiger partial charge in [0, 0.05) is 0 Å². The molecule has 2 aromatic rings. The van der Waals surface area contributed by atoms with Gasteiger partial charge in [0.1, 0.15) is 5.75 Å². The molecule has 0 saturated carbocycles. The summed E-state index contributed by atoms with van der Waals surface area (Å²) in [6.07, 6.45) is 1.03. The van der Waals surface area contributed by atoms with Gasteiger partial charge in [-0.25, -0.2) is 0 Å². The van der Waals surface area contributed by atoms with Crippen LogP contribution in [0.2, 0.25) is 0 Å². The Morgan fingerprint density at radius 3 is 2.28 bits per heavy atom. The minimum atomic E-state index is -0.205. The van der Waals surface area contributed by atoms with Crippen molar-refractivity contribution in [2.75, 3.05) is 13.7 Å². The molecule has 5 nitrogen and oxygen atoms in total. The van der Waals surface area contributed by atoms with Crippen LogP contribution in [-0.4, -0.2) is 25.5 Å². The SMILES string of the molecule is CC[C@H](NC(=O)CNC(=O)Cc1ccccc1)c1ccc(OC)cc1. The highest BCUT2D eigenvalue weighted by Gasteiger charge is 2.13. The van der Waals surface area contributed by atoms with Crippen LogP contribution >= 0.6 is 0 Å². The Morgan fingerprint density at radius 1 is 1.00 bits per heavy atom. The van der Waals surface area contributed by atoms with E-state index in [9.17, 15) is 9.59 Å². The van der Waals surface area contributed by atoms with Gasteiger partial charge in [-0.1, -0.05) is 49.4 Å². The van der Waals surface area contributed by atoms with E-state index in [0.29, 0.717) is 0 Å². The van der Waals surface area contributed by atoms with Gasteiger partial charge in [0.2, 0.25) is 11.8 Å². The number of hydrogen-bond acceptors (Lipinski definition) is 3. The lowest BCUT2D eigenvalue weighted by atomic mass is 10.0. The average Bonchev–Trinajstić information content (AvgIpc) is 2.65. The highest BCUT2D eigenvalue weighted by Crippen LogP contribution is 2.19. The summed E-state index contributed by atoms with van der Waals surface area (Å²) in [5.74, 6) is 0.404. The van der Waals surface area contributed by atoms with Gasteiger partial charge in [-0.2, -0.15) is 0 Å². The van der Waals surface area contributed by atoms with Crippen molar-refractivity contribution in [3.05, 3.63) is 65.7 Å². The second-order valence-corrected chi connectivity index (χ2v) is 5.74. The van der Waals surface area contributed by atoms with Crippen LogP contribution in [0.25, 0.3) is 0 Å². The summed E-state index contributed by atoms with van der Waals surface area (Å²) in [6, 6.07) is 16.9. The van der Waals surface area contributed by atoms with Gasteiger partial charge in [0.15, 0.2) is 0 Å². The lowest BCUT2D eigenvalue weighted by molar-refractivity contribution is -0.126. The molecule has 2 aromatic carbocycles. The standard InChI is InChI=1S/C20H24N2O3/c1-3-18(16-9-11-17(25-2)12-10-16)22-20(24)14-21-19(23)13-15-7-5-4-6-8-15/h4-12,18H,3,13-14H2,1-2H3,(H,21,23)(H,22,24)/t18-/m0/s1. The summed E-state index contributed by atoms with van der Waals surface area (Å²) >= 11 is 0. The zero-order chi connectivity index (χ0) is 18.1. The maximum atomic E-state index is 12.1. The highest BCUT2D eigenvalue weighted by atomic mass is 16.5. The first-order chi connectivity index (χ1) is 12.1. The molecule has 132 valence electrons. The van der Waals surface area contributed by atoms with Crippen LogP contribution in [0.15, 0.2) is 54.6 Å². The van der Waals surface area contributed by atoms with Crippen LogP contribution in [0.4, 0.5) is 0 Å². The fraction of sp³-hybridized carbons (Fsp3) is 0.300. The number of nitrogens with one attached hydrogen (secondary N) is 2. The third kappa shape index (κ3) is 5.95. The minimum absolute atomic E-state index is 0.0294. The van der Waals surface area contributed by atoms with E-state index in [2.05, 4.69) is 10.6 Å². The molecule has 2 rings (SSSR count). The molecule has 0 bridgehead atoms. The van der Waals surface area contributed by atoms with Crippen molar-refractivity contribution in [2.24, 2.45) is 0 Å². The molecule has 0 unspecified atom stereocenters. The van der Waals surface area contributed by atoms with Crippen LogP contribution in [0.1, 0.15) is 30.5 Å². The summed E-state index contributed by atoms with van der Waals surface area (Å²) in [4.78, 5) is 24.0. The Labute approximate surface area is 148 Å². The van der Waals surface area contributed by atoms with Crippen molar-refractivity contribution in [1.82, 2.24) is 10.6 Å². The van der Waals surface area contributed by atoms with Crippen LogP contribution in [-0.2, 0) is 16.0 Å². The van der Waals surface area contributed by atoms with Crippen molar-refractivity contribution < 1.29 is 14.3 Å². The van der Waals surface area contributed by atoms with E-state index < -0.39 is 0 Å². The Bertz CT molecular complexity index is 684. The number of carbonyl (C=O) groups excluding carboxylic acids is 2. The van der Waals surface area contributed by atoms with Crippen LogP contribution < -0.4 is 15.4 Å². The fourth-order valence-corrected chi connectivity index (χ4v) is 2.53. The highest BCUT2D eigenvalue weighted by molar-refractivity contribution is 5.85. The largest absolute Gasteiger partial charge is 0.497 e. The van der Waals surface area contributed by atoms with E-state index in [-0.39, 0.29) is 30.8 Å². The molecule has 0 spiro atoms. The molecule has 2 amide bonds. The van der Waals surface area contributed by atoms with Crippen LogP contribution in [0, 0.1) is 0 Å². The molecule has 0 heterocycles. The van der Waals surface area contributed by atoms with Crippen molar-refractivity contribution >= 4 is 11.8 Å². The molecule has 0 fully saturated rings. The van der Waals surface area contributed by atoms with E-state index in [1.807, 2.05) is 61.5 Å². The van der Waals surface area contributed by atoms with Gasteiger partial charge in [-0.3, -0.25) is 9.59 Å². The molecule has 1 atom stereocenters. The summed E-state index contributed by atoms with van der Waals surface area (Å²) in [7, 11) is 1.62. The minimum Gasteiger partial charge on any atom is -0.497 e. The Kier molecular flexibility index (Phi) is 7.01. The lowest BCUT2D eigenvalue weighted by Crippen LogP contribution is -2.39. The van der Waals surface area contributed by atoms with Crippen LogP contribution in [0.5, 0.6) is 5.75 Å². The van der Waals surface area contributed by atoms with Crippen LogP contribution in [0.3, 0.4) is 0 Å². The predicted molar refractivity (Wildman–Crippen MR) is 97.3 cm³/mol. The molecule has 0 aliphatic heterocycles. The maximum Gasteiger partial charge on any atom is 0.239 e.